The molecule has 0 radical (unpaired) electrons. The van der Waals surface area contributed by atoms with Crippen LogP contribution in [-0.2, 0) is 16.1 Å². The molecular weight excluding hydrogens is 497 g/mol. The summed E-state index contributed by atoms with van der Waals surface area (Å²) in [5, 5.41) is 4.24. The minimum Gasteiger partial charge on any atom is -0.340 e. The standard InChI is InChI=1S/C28H21Cl2N3O3/c1-16-7-12-20(13-24(16)30)33-27(35)23(26(34)31-28(33)36)14-22-17(2)32(25-6-4-3-5-21(22)25)15-18-8-10-19(29)11-9-18/h3-14H,15H2,1-2H3,(H,31,34,36)/b23-14-. The maximum absolute atomic E-state index is 13.4. The van der Waals surface area contributed by atoms with Crippen LogP contribution in [0.25, 0.3) is 17.0 Å². The van der Waals surface area contributed by atoms with E-state index in [2.05, 4.69) is 9.88 Å². The Hall–Kier alpha value is -3.87. The van der Waals surface area contributed by atoms with Crippen molar-refractivity contribution in [2.24, 2.45) is 0 Å². The molecule has 0 atom stereocenters. The Morgan fingerprint density at radius 1 is 0.917 bits per heavy atom. The van der Waals surface area contributed by atoms with Gasteiger partial charge in [-0.2, -0.15) is 0 Å². The van der Waals surface area contributed by atoms with Crippen LogP contribution in [0.15, 0.2) is 72.3 Å². The number of hydrogen-bond donors (Lipinski definition) is 1. The van der Waals surface area contributed by atoms with Gasteiger partial charge in [0.25, 0.3) is 11.8 Å². The number of fused-ring (bicyclic) bond motifs is 1. The van der Waals surface area contributed by atoms with Gasteiger partial charge in [0.2, 0.25) is 0 Å². The molecule has 3 aromatic carbocycles. The van der Waals surface area contributed by atoms with Crippen molar-refractivity contribution in [1.29, 1.82) is 0 Å². The molecule has 1 aromatic heterocycles. The Balaban J connectivity index is 1.61. The molecular formula is C28H21Cl2N3O3. The highest BCUT2D eigenvalue weighted by molar-refractivity contribution is 6.40. The topological polar surface area (TPSA) is 71.4 Å². The number of carbonyl (C=O) groups is 3. The normalized spacial score (nSPS) is 15.2. The van der Waals surface area contributed by atoms with Crippen LogP contribution in [0, 0.1) is 13.8 Å². The molecule has 5 rings (SSSR count). The third kappa shape index (κ3) is 4.19. The molecule has 1 aliphatic rings. The van der Waals surface area contributed by atoms with E-state index in [4.69, 9.17) is 23.2 Å². The highest BCUT2D eigenvalue weighted by Gasteiger charge is 2.37. The molecule has 1 saturated heterocycles. The third-order valence-electron chi connectivity index (χ3n) is 6.34. The number of imide groups is 2. The SMILES string of the molecule is Cc1ccc(N2C(=O)NC(=O)/C(=C/c3c(C)n(Cc4ccc(Cl)cc4)c4ccccc34)C2=O)cc1Cl. The number of hydrogen-bond acceptors (Lipinski definition) is 3. The lowest BCUT2D eigenvalue weighted by Crippen LogP contribution is -2.54. The van der Waals surface area contributed by atoms with Gasteiger partial charge in [-0.15, -0.1) is 0 Å². The lowest BCUT2D eigenvalue weighted by atomic mass is 10.0. The predicted molar refractivity (Wildman–Crippen MR) is 142 cm³/mol. The van der Waals surface area contributed by atoms with Crippen molar-refractivity contribution in [3.63, 3.8) is 0 Å². The van der Waals surface area contributed by atoms with E-state index in [1.54, 1.807) is 18.2 Å². The summed E-state index contributed by atoms with van der Waals surface area (Å²) >= 11 is 12.3. The van der Waals surface area contributed by atoms with Crippen LogP contribution in [0.1, 0.15) is 22.4 Å². The number of nitrogens with one attached hydrogen (secondary N) is 1. The van der Waals surface area contributed by atoms with Crippen molar-refractivity contribution < 1.29 is 14.4 Å². The monoisotopic (exact) mass is 517 g/mol. The van der Waals surface area contributed by atoms with Crippen LogP contribution in [0.4, 0.5) is 10.5 Å². The molecule has 0 aliphatic carbocycles. The van der Waals surface area contributed by atoms with E-state index in [9.17, 15) is 14.4 Å². The Labute approximate surface area is 217 Å². The number of urea groups is 1. The Bertz CT molecular complexity index is 1590. The van der Waals surface area contributed by atoms with Gasteiger partial charge in [-0.05, 0) is 61.4 Å². The minimum atomic E-state index is -0.816. The molecule has 0 bridgehead atoms. The molecule has 0 unspecified atom stereocenters. The fourth-order valence-electron chi connectivity index (χ4n) is 4.37. The second-order valence-corrected chi connectivity index (χ2v) is 9.46. The average Bonchev–Trinajstić information content (AvgIpc) is 3.11. The zero-order valence-electron chi connectivity index (χ0n) is 19.5. The Morgan fingerprint density at radius 2 is 1.64 bits per heavy atom. The number of anilines is 1. The minimum absolute atomic E-state index is 0.135. The quantitative estimate of drug-likeness (QED) is 0.255. The molecule has 1 N–H and O–H groups in total. The van der Waals surface area contributed by atoms with Crippen molar-refractivity contribution in [1.82, 2.24) is 9.88 Å². The van der Waals surface area contributed by atoms with Gasteiger partial charge < -0.3 is 4.57 Å². The van der Waals surface area contributed by atoms with Crippen LogP contribution in [0.2, 0.25) is 10.0 Å². The first-order chi connectivity index (χ1) is 17.2. The summed E-state index contributed by atoms with van der Waals surface area (Å²) < 4.78 is 2.12. The van der Waals surface area contributed by atoms with E-state index in [-0.39, 0.29) is 11.3 Å². The lowest BCUT2D eigenvalue weighted by Gasteiger charge is -2.26. The zero-order valence-corrected chi connectivity index (χ0v) is 21.0. The summed E-state index contributed by atoms with van der Waals surface area (Å²) in [6.45, 7) is 4.34. The average molecular weight is 518 g/mol. The number of benzene rings is 3. The van der Waals surface area contributed by atoms with Crippen LogP contribution >= 0.6 is 23.2 Å². The highest BCUT2D eigenvalue weighted by atomic mass is 35.5. The van der Waals surface area contributed by atoms with E-state index < -0.39 is 17.8 Å². The number of aromatic nitrogens is 1. The van der Waals surface area contributed by atoms with Gasteiger partial charge in [0.1, 0.15) is 5.57 Å². The molecule has 8 heteroatoms. The predicted octanol–water partition coefficient (Wildman–Crippen LogP) is 6.28. The number of nitrogens with zero attached hydrogens (tertiary/aromatic N) is 2. The summed E-state index contributed by atoms with van der Waals surface area (Å²) in [4.78, 5) is 39.8. The second-order valence-electron chi connectivity index (χ2n) is 8.62. The molecule has 1 aliphatic heterocycles. The number of carbonyl (C=O) groups excluding carboxylic acids is 3. The lowest BCUT2D eigenvalue weighted by molar-refractivity contribution is -0.122. The summed E-state index contributed by atoms with van der Waals surface area (Å²) in [6, 6.07) is 19.4. The van der Waals surface area contributed by atoms with E-state index >= 15 is 0 Å². The molecule has 180 valence electrons. The zero-order chi connectivity index (χ0) is 25.6. The number of halogens is 2. The molecule has 0 saturated carbocycles. The summed E-state index contributed by atoms with van der Waals surface area (Å²) in [5.41, 5.74) is 4.58. The first-order valence-corrected chi connectivity index (χ1v) is 12.0. The maximum atomic E-state index is 13.4. The van der Waals surface area contributed by atoms with Gasteiger partial charge in [0.05, 0.1) is 5.69 Å². The van der Waals surface area contributed by atoms with Crippen LogP contribution in [0.5, 0.6) is 0 Å². The highest BCUT2D eigenvalue weighted by Crippen LogP contribution is 2.31. The fraction of sp³-hybridized carbons (Fsp3) is 0.107. The van der Waals surface area contributed by atoms with Gasteiger partial charge in [-0.3, -0.25) is 14.9 Å². The molecule has 2 heterocycles. The molecule has 36 heavy (non-hydrogen) atoms. The molecule has 4 aromatic rings. The van der Waals surface area contributed by atoms with Gasteiger partial charge in [-0.1, -0.05) is 59.6 Å². The van der Waals surface area contributed by atoms with Gasteiger partial charge in [-0.25, -0.2) is 9.69 Å². The largest absolute Gasteiger partial charge is 0.340 e. The molecule has 6 nitrogen and oxygen atoms in total. The number of barbiturate groups is 1. The molecule has 1 fully saturated rings. The summed E-state index contributed by atoms with van der Waals surface area (Å²) in [5.74, 6) is -1.45. The maximum Gasteiger partial charge on any atom is 0.335 e. The second kappa shape index (κ2) is 9.30. The molecule has 4 amide bonds. The number of amides is 4. The molecule has 0 spiro atoms. The first-order valence-electron chi connectivity index (χ1n) is 11.2. The van der Waals surface area contributed by atoms with Crippen molar-refractivity contribution in [2.75, 3.05) is 4.90 Å². The Morgan fingerprint density at radius 3 is 2.36 bits per heavy atom. The number of aryl methyl sites for hydroxylation is 1. The third-order valence-corrected chi connectivity index (χ3v) is 7.00. The van der Waals surface area contributed by atoms with Crippen molar-refractivity contribution in [3.05, 3.63) is 105 Å². The van der Waals surface area contributed by atoms with Gasteiger partial charge >= 0.3 is 6.03 Å². The van der Waals surface area contributed by atoms with E-state index in [0.717, 1.165) is 38.2 Å². The van der Waals surface area contributed by atoms with Crippen LogP contribution < -0.4 is 10.2 Å². The summed E-state index contributed by atoms with van der Waals surface area (Å²) in [7, 11) is 0. The van der Waals surface area contributed by atoms with E-state index in [1.807, 2.05) is 62.4 Å². The number of rotatable bonds is 4. The van der Waals surface area contributed by atoms with E-state index in [0.29, 0.717) is 16.6 Å². The summed E-state index contributed by atoms with van der Waals surface area (Å²) in [6.07, 6.45) is 1.56. The van der Waals surface area contributed by atoms with Crippen molar-refractivity contribution >= 4 is 63.7 Å². The van der Waals surface area contributed by atoms with Gasteiger partial charge in [0, 0.05) is 38.8 Å². The van der Waals surface area contributed by atoms with Crippen molar-refractivity contribution in [3.8, 4) is 0 Å². The first kappa shape index (κ1) is 23.9. The van der Waals surface area contributed by atoms with Crippen LogP contribution in [0.3, 0.4) is 0 Å². The van der Waals surface area contributed by atoms with E-state index in [1.165, 1.54) is 6.07 Å². The van der Waals surface area contributed by atoms with Crippen molar-refractivity contribution in [2.45, 2.75) is 20.4 Å². The van der Waals surface area contributed by atoms with Crippen LogP contribution in [-0.4, -0.2) is 22.4 Å². The van der Waals surface area contributed by atoms with Gasteiger partial charge in [0.15, 0.2) is 0 Å². The Kier molecular flexibility index (Phi) is 6.16. The smallest absolute Gasteiger partial charge is 0.335 e. The number of para-hydroxylation sites is 1. The fourth-order valence-corrected chi connectivity index (χ4v) is 4.67.